The summed E-state index contributed by atoms with van der Waals surface area (Å²) in [6, 6.07) is 5.65. The Balaban J connectivity index is 1.86. The van der Waals surface area contributed by atoms with Gasteiger partial charge in [0.05, 0.1) is 0 Å². The van der Waals surface area contributed by atoms with Gasteiger partial charge in [0.1, 0.15) is 5.82 Å². The molecule has 0 radical (unpaired) electrons. The monoisotopic (exact) mass is 245 g/mol. The minimum Gasteiger partial charge on any atom is -0.351 e. The fraction of sp³-hybridized carbons (Fsp3) is 0.667. The third-order valence-electron chi connectivity index (χ3n) is 4.37. The maximum absolute atomic E-state index is 4.64. The smallest absolute Gasteiger partial charge is 0.132 e. The van der Waals surface area contributed by atoms with Crippen molar-refractivity contribution in [3.8, 4) is 0 Å². The quantitative estimate of drug-likeness (QED) is 0.757. The predicted octanol–water partition coefficient (Wildman–Crippen LogP) is 2.32. The highest BCUT2D eigenvalue weighted by Gasteiger charge is 2.31. The van der Waals surface area contributed by atoms with Crippen LogP contribution in [0.3, 0.4) is 0 Å². The SMILES string of the molecule is CC(C)N1CCN2c3ncccc3CCC[C@@H]2C1. The van der Waals surface area contributed by atoms with Gasteiger partial charge in [0, 0.05) is 37.9 Å². The maximum Gasteiger partial charge on any atom is 0.132 e. The van der Waals surface area contributed by atoms with Gasteiger partial charge in [-0.25, -0.2) is 4.98 Å². The van der Waals surface area contributed by atoms with Gasteiger partial charge in [-0.3, -0.25) is 4.90 Å². The van der Waals surface area contributed by atoms with Gasteiger partial charge < -0.3 is 4.90 Å². The lowest BCUT2D eigenvalue weighted by Gasteiger charge is -2.43. The van der Waals surface area contributed by atoms with Crippen LogP contribution in [0, 0.1) is 0 Å². The maximum atomic E-state index is 4.64. The molecule has 2 aliphatic heterocycles. The Morgan fingerprint density at radius 3 is 3.06 bits per heavy atom. The molecule has 18 heavy (non-hydrogen) atoms. The van der Waals surface area contributed by atoms with Crippen molar-refractivity contribution in [1.29, 1.82) is 0 Å². The van der Waals surface area contributed by atoms with Crippen LogP contribution in [0.5, 0.6) is 0 Å². The summed E-state index contributed by atoms with van der Waals surface area (Å²) in [4.78, 5) is 9.80. The fourth-order valence-corrected chi connectivity index (χ4v) is 3.29. The first kappa shape index (κ1) is 12.0. The zero-order valence-corrected chi connectivity index (χ0v) is 11.5. The number of aryl methyl sites for hydroxylation is 1. The number of piperazine rings is 1. The molecule has 0 aliphatic carbocycles. The molecule has 98 valence electrons. The first-order valence-corrected chi connectivity index (χ1v) is 7.20. The lowest BCUT2D eigenvalue weighted by atomic mass is 10.1. The van der Waals surface area contributed by atoms with Crippen molar-refractivity contribution in [2.24, 2.45) is 0 Å². The minimum atomic E-state index is 0.664. The first-order valence-electron chi connectivity index (χ1n) is 7.20. The van der Waals surface area contributed by atoms with Gasteiger partial charge in [-0.1, -0.05) is 6.07 Å². The van der Waals surface area contributed by atoms with E-state index in [0.717, 1.165) is 6.54 Å². The molecule has 1 saturated heterocycles. The van der Waals surface area contributed by atoms with E-state index in [1.807, 2.05) is 6.20 Å². The van der Waals surface area contributed by atoms with Crippen LogP contribution >= 0.6 is 0 Å². The van der Waals surface area contributed by atoms with Gasteiger partial charge in [-0.15, -0.1) is 0 Å². The van der Waals surface area contributed by atoms with Crippen LogP contribution in [0.2, 0.25) is 0 Å². The normalized spacial score (nSPS) is 24.6. The fourth-order valence-electron chi connectivity index (χ4n) is 3.29. The molecule has 0 saturated carbocycles. The summed E-state index contributed by atoms with van der Waals surface area (Å²) in [7, 11) is 0. The van der Waals surface area contributed by atoms with Crippen molar-refractivity contribution in [3.05, 3.63) is 23.9 Å². The number of hydrogen-bond donors (Lipinski definition) is 0. The molecule has 0 N–H and O–H groups in total. The highest BCUT2D eigenvalue weighted by atomic mass is 15.3. The van der Waals surface area contributed by atoms with Crippen molar-refractivity contribution in [3.63, 3.8) is 0 Å². The molecule has 3 heterocycles. The van der Waals surface area contributed by atoms with E-state index in [1.54, 1.807) is 0 Å². The van der Waals surface area contributed by atoms with E-state index < -0.39 is 0 Å². The molecule has 0 amide bonds. The molecule has 3 heteroatoms. The summed E-state index contributed by atoms with van der Waals surface area (Å²) in [5.74, 6) is 1.25. The summed E-state index contributed by atoms with van der Waals surface area (Å²) in [6.45, 7) is 8.11. The standard InChI is InChI=1S/C15H23N3/c1-12(2)17-9-10-18-14(11-17)7-3-5-13-6-4-8-16-15(13)18/h4,6,8,12,14H,3,5,7,9-11H2,1-2H3/t14-/m1/s1. The van der Waals surface area contributed by atoms with Gasteiger partial charge >= 0.3 is 0 Å². The number of rotatable bonds is 1. The summed E-state index contributed by atoms with van der Waals surface area (Å²) in [6.07, 6.45) is 5.74. The first-order chi connectivity index (χ1) is 8.75. The van der Waals surface area contributed by atoms with Crippen molar-refractivity contribution in [2.45, 2.75) is 45.2 Å². The molecule has 1 fully saturated rings. The molecular weight excluding hydrogens is 222 g/mol. The van der Waals surface area contributed by atoms with E-state index in [0.29, 0.717) is 12.1 Å². The van der Waals surface area contributed by atoms with Crippen molar-refractivity contribution >= 4 is 5.82 Å². The van der Waals surface area contributed by atoms with Crippen LogP contribution in [-0.4, -0.2) is 41.6 Å². The lowest BCUT2D eigenvalue weighted by Crippen LogP contribution is -2.55. The zero-order valence-electron chi connectivity index (χ0n) is 11.5. The van der Waals surface area contributed by atoms with E-state index in [-0.39, 0.29) is 0 Å². The summed E-state index contributed by atoms with van der Waals surface area (Å²) < 4.78 is 0. The van der Waals surface area contributed by atoms with Crippen molar-refractivity contribution in [2.75, 3.05) is 24.5 Å². The Morgan fingerprint density at radius 1 is 1.33 bits per heavy atom. The van der Waals surface area contributed by atoms with Crippen molar-refractivity contribution < 1.29 is 0 Å². The Labute approximate surface area is 110 Å². The second-order valence-corrected chi connectivity index (χ2v) is 5.81. The summed E-state index contributed by atoms with van der Waals surface area (Å²) in [5.41, 5.74) is 1.44. The van der Waals surface area contributed by atoms with E-state index in [4.69, 9.17) is 0 Å². The van der Waals surface area contributed by atoms with E-state index >= 15 is 0 Å². The van der Waals surface area contributed by atoms with E-state index in [1.165, 1.54) is 43.7 Å². The third kappa shape index (κ3) is 2.12. The Morgan fingerprint density at radius 2 is 2.22 bits per heavy atom. The molecule has 0 aromatic carbocycles. The predicted molar refractivity (Wildman–Crippen MR) is 75.0 cm³/mol. The molecule has 1 atom stereocenters. The highest BCUT2D eigenvalue weighted by molar-refractivity contribution is 5.49. The topological polar surface area (TPSA) is 19.4 Å². The summed E-state index contributed by atoms with van der Waals surface area (Å²) in [5, 5.41) is 0. The largest absolute Gasteiger partial charge is 0.351 e. The van der Waals surface area contributed by atoms with E-state index in [9.17, 15) is 0 Å². The minimum absolute atomic E-state index is 0.664. The van der Waals surface area contributed by atoms with Crippen LogP contribution in [0.15, 0.2) is 18.3 Å². The van der Waals surface area contributed by atoms with Crippen molar-refractivity contribution in [1.82, 2.24) is 9.88 Å². The van der Waals surface area contributed by atoms with E-state index in [2.05, 4.69) is 40.8 Å². The van der Waals surface area contributed by atoms with Gasteiger partial charge in [0.2, 0.25) is 0 Å². The third-order valence-corrected chi connectivity index (χ3v) is 4.37. The molecule has 3 rings (SSSR count). The molecule has 2 aliphatic rings. The average molecular weight is 245 g/mol. The molecule has 0 spiro atoms. The molecule has 0 unspecified atom stereocenters. The lowest BCUT2D eigenvalue weighted by molar-refractivity contribution is 0.177. The van der Waals surface area contributed by atoms with Gasteiger partial charge in [-0.05, 0) is 44.7 Å². The zero-order chi connectivity index (χ0) is 12.5. The number of hydrogen-bond acceptors (Lipinski definition) is 3. The van der Waals surface area contributed by atoms with Crippen LogP contribution in [0.1, 0.15) is 32.3 Å². The molecule has 3 nitrogen and oxygen atoms in total. The molecule has 0 bridgehead atoms. The van der Waals surface area contributed by atoms with Crippen LogP contribution in [0.4, 0.5) is 5.82 Å². The number of anilines is 1. The molecule has 1 aromatic heterocycles. The average Bonchev–Trinajstić information content (AvgIpc) is 2.57. The van der Waals surface area contributed by atoms with Gasteiger partial charge in [0.15, 0.2) is 0 Å². The Kier molecular flexibility index (Phi) is 3.25. The van der Waals surface area contributed by atoms with Gasteiger partial charge in [0.25, 0.3) is 0 Å². The molecular formula is C15H23N3. The highest BCUT2D eigenvalue weighted by Crippen LogP contribution is 2.29. The second kappa shape index (κ2) is 4.88. The number of fused-ring (bicyclic) bond motifs is 3. The second-order valence-electron chi connectivity index (χ2n) is 5.81. The number of pyridine rings is 1. The Bertz CT molecular complexity index is 416. The summed E-state index contributed by atoms with van der Waals surface area (Å²) >= 11 is 0. The van der Waals surface area contributed by atoms with Crippen LogP contribution in [0.25, 0.3) is 0 Å². The van der Waals surface area contributed by atoms with Gasteiger partial charge in [-0.2, -0.15) is 0 Å². The number of aromatic nitrogens is 1. The Hall–Kier alpha value is -1.09. The molecule has 1 aromatic rings. The number of nitrogens with zero attached hydrogens (tertiary/aromatic N) is 3. The van der Waals surface area contributed by atoms with Crippen LogP contribution < -0.4 is 4.90 Å². The van der Waals surface area contributed by atoms with Crippen LogP contribution in [-0.2, 0) is 6.42 Å².